The number of hydrogen-bond acceptors (Lipinski definition) is 2. The Morgan fingerprint density at radius 1 is 1.28 bits per heavy atom. The highest BCUT2D eigenvalue weighted by Gasteiger charge is 2.18. The molecule has 18 heavy (non-hydrogen) atoms. The van der Waals surface area contributed by atoms with Gasteiger partial charge in [-0.15, -0.1) is 0 Å². The lowest BCUT2D eigenvalue weighted by Crippen LogP contribution is -2.23. The summed E-state index contributed by atoms with van der Waals surface area (Å²) in [5.41, 5.74) is 5.23. The lowest BCUT2D eigenvalue weighted by atomic mass is 9.93. The molecule has 0 spiro atoms. The molecule has 1 atom stereocenters. The third-order valence-corrected chi connectivity index (χ3v) is 3.30. The van der Waals surface area contributed by atoms with Crippen LogP contribution in [0.5, 0.6) is 0 Å². The van der Waals surface area contributed by atoms with E-state index in [1.165, 1.54) is 22.3 Å². The summed E-state index contributed by atoms with van der Waals surface area (Å²) >= 11 is 0. The molecule has 96 valence electrons. The maximum Gasteiger partial charge on any atom is 0.0613 e. The van der Waals surface area contributed by atoms with Gasteiger partial charge in [0.1, 0.15) is 0 Å². The van der Waals surface area contributed by atoms with Crippen molar-refractivity contribution in [3.63, 3.8) is 0 Å². The predicted molar refractivity (Wildman–Crippen MR) is 74.6 cm³/mol. The molecule has 0 aliphatic rings. The second-order valence-electron chi connectivity index (χ2n) is 4.74. The standard InChI is InChI=1S/C15H21N3/c1-5-16-15(13-9-17-18(4)10-13)14-11(2)7-6-8-12(14)3/h6-10,15-16H,5H2,1-4H3. The lowest BCUT2D eigenvalue weighted by Gasteiger charge is -2.21. The number of aromatic nitrogens is 2. The van der Waals surface area contributed by atoms with Crippen LogP contribution in [-0.4, -0.2) is 16.3 Å². The Balaban J connectivity index is 2.47. The van der Waals surface area contributed by atoms with Crippen LogP contribution in [0, 0.1) is 13.8 Å². The van der Waals surface area contributed by atoms with Crippen LogP contribution >= 0.6 is 0 Å². The first-order chi connectivity index (χ1) is 8.63. The summed E-state index contributed by atoms with van der Waals surface area (Å²) in [6, 6.07) is 6.68. The molecule has 2 aromatic rings. The van der Waals surface area contributed by atoms with Crippen LogP contribution in [0.25, 0.3) is 0 Å². The van der Waals surface area contributed by atoms with Gasteiger partial charge in [-0.1, -0.05) is 25.1 Å². The highest BCUT2D eigenvalue weighted by atomic mass is 15.2. The van der Waals surface area contributed by atoms with Gasteiger partial charge in [0.05, 0.1) is 12.2 Å². The van der Waals surface area contributed by atoms with Crippen LogP contribution in [0.3, 0.4) is 0 Å². The largest absolute Gasteiger partial charge is 0.306 e. The first-order valence-electron chi connectivity index (χ1n) is 6.41. The van der Waals surface area contributed by atoms with Gasteiger partial charge in [0.2, 0.25) is 0 Å². The molecule has 0 aliphatic carbocycles. The second kappa shape index (κ2) is 5.36. The summed E-state index contributed by atoms with van der Waals surface area (Å²) in [5, 5.41) is 7.84. The Morgan fingerprint density at radius 2 is 1.94 bits per heavy atom. The monoisotopic (exact) mass is 243 g/mol. The lowest BCUT2D eigenvalue weighted by molar-refractivity contribution is 0.624. The number of nitrogens with zero attached hydrogens (tertiary/aromatic N) is 2. The van der Waals surface area contributed by atoms with Gasteiger partial charge in [-0.05, 0) is 37.1 Å². The van der Waals surface area contributed by atoms with Crippen molar-refractivity contribution in [3.05, 3.63) is 52.8 Å². The molecule has 2 rings (SSSR count). The first-order valence-corrected chi connectivity index (χ1v) is 6.41. The molecule has 0 fully saturated rings. The molecule has 1 N–H and O–H groups in total. The molecule has 0 saturated carbocycles. The van der Waals surface area contributed by atoms with Crippen LogP contribution in [0.4, 0.5) is 0 Å². The van der Waals surface area contributed by atoms with E-state index in [-0.39, 0.29) is 6.04 Å². The maximum atomic E-state index is 4.28. The molecular formula is C15H21N3. The van der Waals surface area contributed by atoms with Gasteiger partial charge in [0.25, 0.3) is 0 Å². The molecule has 1 aromatic carbocycles. The Hall–Kier alpha value is -1.61. The van der Waals surface area contributed by atoms with Crippen LogP contribution in [0.2, 0.25) is 0 Å². The third kappa shape index (κ3) is 2.46. The Labute approximate surface area is 109 Å². The normalized spacial score (nSPS) is 12.7. The topological polar surface area (TPSA) is 29.9 Å². The van der Waals surface area contributed by atoms with Gasteiger partial charge in [-0.25, -0.2) is 0 Å². The number of hydrogen-bond donors (Lipinski definition) is 1. The summed E-state index contributed by atoms with van der Waals surface area (Å²) < 4.78 is 1.85. The van der Waals surface area contributed by atoms with E-state index >= 15 is 0 Å². The summed E-state index contributed by atoms with van der Waals surface area (Å²) in [6.45, 7) is 7.41. The fourth-order valence-corrected chi connectivity index (χ4v) is 2.46. The van der Waals surface area contributed by atoms with E-state index in [1.807, 2.05) is 17.9 Å². The zero-order valence-electron chi connectivity index (χ0n) is 11.6. The van der Waals surface area contributed by atoms with E-state index < -0.39 is 0 Å². The van der Waals surface area contributed by atoms with E-state index in [0.29, 0.717) is 0 Å². The zero-order chi connectivity index (χ0) is 13.1. The van der Waals surface area contributed by atoms with Crippen LogP contribution in [0.15, 0.2) is 30.6 Å². The first kappa shape index (κ1) is 12.8. The average molecular weight is 243 g/mol. The molecule has 0 bridgehead atoms. The van der Waals surface area contributed by atoms with Crippen molar-refractivity contribution in [2.24, 2.45) is 7.05 Å². The van der Waals surface area contributed by atoms with E-state index in [4.69, 9.17) is 0 Å². The smallest absolute Gasteiger partial charge is 0.0613 e. The highest BCUT2D eigenvalue weighted by Crippen LogP contribution is 2.27. The number of rotatable bonds is 4. The summed E-state index contributed by atoms with van der Waals surface area (Å²) in [7, 11) is 1.96. The molecule has 0 saturated heterocycles. The quantitative estimate of drug-likeness (QED) is 0.895. The molecule has 3 nitrogen and oxygen atoms in total. The van der Waals surface area contributed by atoms with Crippen molar-refractivity contribution in [2.75, 3.05) is 6.54 Å². The molecule has 0 amide bonds. The summed E-state index contributed by atoms with van der Waals surface area (Å²) in [4.78, 5) is 0. The van der Waals surface area contributed by atoms with Gasteiger partial charge in [0, 0.05) is 18.8 Å². The molecule has 0 aliphatic heterocycles. The highest BCUT2D eigenvalue weighted by molar-refractivity contribution is 5.40. The maximum absolute atomic E-state index is 4.28. The van der Waals surface area contributed by atoms with Crippen LogP contribution < -0.4 is 5.32 Å². The van der Waals surface area contributed by atoms with Crippen molar-refractivity contribution in [3.8, 4) is 0 Å². The average Bonchev–Trinajstić information content (AvgIpc) is 2.74. The molecular weight excluding hydrogens is 222 g/mol. The van der Waals surface area contributed by atoms with Crippen LogP contribution in [-0.2, 0) is 7.05 Å². The SMILES string of the molecule is CCNC(c1cnn(C)c1)c1c(C)cccc1C. The fraction of sp³-hybridized carbons (Fsp3) is 0.400. The van der Waals surface area contributed by atoms with Crippen molar-refractivity contribution < 1.29 is 0 Å². The molecule has 1 unspecified atom stereocenters. The van der Waals surface area contributed by atoms with E-state index in [9.17, 15) is 0 Å². The van der Waals surface area contributed by atoms with E-state index in [2.05, 4.69) is 55.6 Å². The van der Waals surface area contributed by atoms with Crippen molar-refractivity contribution >= 4 is 0 Å². The molecule has 0 radical (unpaired) electrons. The van der Waals surface area contributed by atoms with Crippen LogP contribution in [0.1, 0.15) is 35.2 Å². The van der Waals surface area contributed by atoms with Crippen molar-refractivity contribution in [2.45, 2.75) is 26.8 Å². The minimum absolute atomic E-state index is 0.227. The van der Waals surface area contributed by atoms with E-state index in [0.717, 1.165) is 6.54 Å². The van der Waals surface area contributed by atoms with Gasteiger partial charge in [0.15, 0.2) is 0 Å². The number of benzene rings is 1. The molecule has 1 heterocycles. The number of nitrogens with one attached hydrogen (secondary N) is 1. The molecule has 1 aromatic heterocycles. The predicted octanol–water partition coefficient (Wildman–Crippen LogP) is 2.74. The van der Waals surface area contributed by atoms with Crippen molar-refractivity contribution in [1.82, 2.24) is 15.1 Å². The Bertz CT molecular complexity index is 508. The van der Waals surface area contributed by atoms with Crippen molar-refractivity contribution in [1.29, 1.82) is 0 Å². The van der Waals surface area contributed by atoms with Gasteiger partial charge in [-0.2, -0.15) is 5.10 Å². The minimum atomic E-state index is 0.227. The minimum Gasteiger partial charge on any atom is -0.306 e. The summed E-state index contributed by atoms with van der Waals surface area (Å²) in [6.07, 6.45) is 4.03. The Morgan fingerprint density at radius 3 is 2.44 bits per heavy atom. The zero-order valence-corrected chi connectivity index (χ0v) is 11.6. The van der Waals surface area contributed by atoms with Gasteiger partial charge >= 0.3 is 0 Å². The van der Waals surface area contributed by atoms with Gasteiger partial charge in [-0.3, -0.25) is 4.68 Å². The Kier molecular flexibility index (Phi) is 3.82. The van der Waals surface area contributed by atoms with E-state index in [1.54, 1.807) is 0 Å². The molecule has 3 heteroatoms. The summed E-state index contributed by atoms with van der Waals surface area (Å²) in [5.74, 6) is 0. The number of aryl methyl sites for hydroxylation is 3. The third-order valence-electron chi connectivity index (χ3n) is 3.30. The van der Waals surface area contributed by atoms with Gasteiger partial charge < -0.3 is 5.32 Å². The second-order valence-corrected chi connectivity index (χ2v) is 4.74. The fourth-order valence-electron chi connectivity index (χ4n) is 2.46.